The first-order chi connectivity index (χ1) is 16.9. The fourth-order valence-corrected chi connectivity index (χ4v) is 4.91. The average molecular weight is 582 g/mol. The summed E-state index contributed by atoms with van der Waals surface area (Å²) in [6.07, 6.45) is 1.55. The summed E-state index contributed by atoms with van der Waals surface area (Å²) in [4.78, 5) is 40.6. The molecule has 2 aromatic rings. The van der Waals surface area contributed by atoms with Gasteiger partial charge in [-0.25, -0.2) is 0 Å². The van der Waals surface area contributed by atoms with Crippen molar-refractivity contribution in [1.82, 2.24) is 9.80 Å². The number of amides is 3. The van der Waals surface area contributed by atoms with Crippen LogP contribution in [0.3, 0.4) is 0 Å². The van der Waals surface area contributed by atoms with Gasteiger partial charge in [0.05, 0.1) is 30.3 Å². The molecule has 0 atom stereocenters. The van der Waals surface area contributed by atoms with E-state index in [0.717, 1.165) is 26.7 Å². The van der Waals surface area contributed by atoms with Gasteiger partial charge >= 0.3 is 0 Å². The van der Waals surface area contributed by atoms with Crippen molar-refractivity contribution >= 4 is 62.4 Å². The van der Waals surface area contributed by atoms with Crippen LogP contribution in [0.4, 0.5) is 4.79 Å². The van der Waals surface area contributed by atoms with Crippen molar-refractivity contribution < 1.29 is 28.6 Å². The van der Waals surface area contributed by atoms with Crippen molar-refractivity contribution in [1.29, 1.82) is 0 Å². The molecule has 2 aliphatic heterocycles. The highest BCUT2D eigenvalue weighted by atomic mass is 79.9. The third kappa shape index (κ3) is 6.19. The zero-order valence-corrected chi connectivity index (χ0v) is 22.0. The van der Waals surface area contributed by atoms with Gasteiger partial charge in [-0.2, -0.15) is 0 Å². The van der Waals surface area contributed by atoms with Crippen LogP contribution in [0.15, 0.2) is 45.8 Å². The lowest BCUT2D eigenvalue weighted by molar-refractivity contribution is -0.139. The third-order valence-corrected chi connectivity index (χ3v) is 7.09. The van der Waals surface area contributed by atoms with E-state index in [2.05, 4.69) is 15.9 Å². The maximum Gasteiger partial charge on any atom is 0.294 e. The van der Waals surface area contributed by atoms with Gasteiger partial charge in [-0.3, -0.25) is 19.3 Å². The summed E-state index contributed by atoms with van der Waals surface area (Å²) < 4.78 is 17.5. The molecule has 0 bridgehead atoms. The van der Waals surface area contributed by atoms with Crippen LogP contribution in [0.5, 0.6) is 11.5 Å². The van der Waals surface area contributed by atoms with Gasteiger partial charge in [0.15, 0.2) is 11.5 Å². The molecule has 0 N–H and O–H groups in total. The molecule has 2 heterocycles. The minimum atomic E-state index is -0.521. The molecular weight excluding hydrogens is 560 g/mol. The number of ether oxygens (including phenoxy) is 3. The monoisotopic (exact) mass is 580 g/mol. The van der Waals surface area contributed by atoms with E-state index >= 15 is 0 Å². The van der Waals surface area contributed by atoms with Gasteiger partial charge in [0.1, 0.15) is 13.2 Å². The van der Waals surface area contributed by atoms with Crippen LogP contribution in [0.2, 0.25) is 5.02 Å². The molecule has 2 saturated heterocycles. The minimum Gasteiger partial charge on any atom is -0.493 e. The maximum absolute atomic E-state index is 12.9. The molecule has 0 aromatic heterocycles. The Morgan fingerprint density at radius 3 is 2.60 bits per heavy atom. The molecule has 0 aliphatic carbocycles. The second kappa shape index (κ2) is 11.5. The molecule has 0 radical (unpaired) electrons. The number of rotatable bonds is 7. The Kier molecular flexibility index (Phi) is 8.38. The summed E-state index contributed by atoms with van der Waals surface area (Å²) in [7, 11) is 1.49. The van der Waals surface area contributed by atoms with E-state index < -0.39 is 11.1 Å². The van der Waals surface area contributed by atoms with E-state index in [1.807, 2.05) is 24.3 Å². The molecule has 35 heavy (non-hydrogen) atoms. The lowest BCUT2D eigenvalue weighted by Crippen LogP contribution is -2.46. The van der Waals surface area contributed by atoms with Crippen molar-refractivity contribution in [2.45, 2.75) is 6.61 Å². The predicted molar refractivity (Wildman–Crippen MR) is 137 cm³/mol. The quantitative estimate of drug-likeness (QED) is 0.443. The van der Waals surface area contributed by atoms with Gasteiger partial charge in [-0.1, -0.05) is 39.7 Å². The average Bonchev–Trinajstić information content (AvgIpc) is 3.11. The highest BCUT2D eigenvalue weighted by molar-refractivity contribution is 9.10. The van der Waals surface area contributed by atoms with Crippen molar-refractivity contribution in [2.24, 2.45) is 0 Å². The number of hydrogen-bond donors (Lipinski definition) is 0. The second-order valence-electron chi connectivity index (χ2n) is 7.71. The van der Waals surface area contributed by atoms with Crippen LogP contribution in [0.1, 0.15) is 11.1 Å². The number of nitrogens with zero attached hydrogens (tertiary/aromatic N) is 2. The van der Waals surface area contributed by atoms with Crippen molar-refractivity contribution in [2.75, 3.05) is 40.0 Å². The number of morpholine rings is 1. The van der Waals surface area contributed by atoms with Gasteiger partial charge in [0.2, 0.25) is 5.91 Å². The lowest BCUT2D eigenvalue weighted by atomic mass is 10.1. The summed E-state index contributed by atoms with van der Waals surface area (Å²) in [6, 6.07) is 11.0. The van der Waals surface area contributed by atoms with Crippen LogP contribution < -0.4 is 9.47 Å². The number of benzene rings is 2. The van der Waals surface area contributed by atoms with Gasteiger partial charge in [0.25, 0.3) is 11.1 Å². The zero-order chi connectivity index (χ0) is 24.9. The third-order valence-electron chi connectivity index (χ3n) is 5.38. The summed E-state index contributed by atoms with van der Waals surface area (Å²) in [5, 5.41) is -0.190. The van der Waals surface area contributed by atoms with Crippen LogP contribution in [-0.4, -0.2) is 66.8 Å². The van der Waals surface area contributed by atoms with Crippen LogP contribution in [0, 0.1) is 0 Å². The van der Waals surface area contributed by atoms with E-state index in [-0.39, 0.29) is 17.4 Å². The number of carbonyl (C=O) groups excluding carboxylic acids is 3. The molecule has 0 spiro atoms. The first-order valence-corrected chi connectivity index (χ1v) is 12.7. The fourth-order valence-electron chi connectivity index (χ4n) is 3.54. The fraction of sp³-hybridized carbons (Fsp3) is 0.292. The Morgan fingerprint density at radius 2 is 1.91 bits per heavy atom. The van der Waals surface area contributed by atoms with E-state index in [9.17, 15) is 14.4 Å². The first-order valence-electron chi connectivity index (χ1n) is 10.7. The van der Waals surface area contributed by atoms with E-state index in [4.69, 9.17) is 25.8 Å². The number of imide groups is 1. The van der Waals surface area contributed by atoms with Gasteiger partial charge in [0, 0.05) is 17.6 Å². The van der Waals surface area contributed by atoms with Gasteiger partial charge in [-0.15, -0.1) is 0 Å². The Bertz CT molecular complexity index is 1170. The number of halogens is 2. The van der Waals surface area contributed by atoms with Gasteiger partial charge < -0.3 is 19.1 Å². The van der Waals surface area contributed by atoms with E-state index in [1.165, 1.54) is 7.11 Å². The Hall–Kier alpha value is -2.53. The SMILES string of the molecule is COc1cc(/C=C2/SC(=O)N(CC(=O)N3CCOCC3)C2=O)cc(Cl)c1OCc1ccc(Br)cc1. The van der Waals surface area contributed by atoms with E-state index in [1.54, 1.807) is 23.1 Å². The lowest BCUT2D eigenvalue weighted by Gasteiger charge is -2.28. The standard InChI is InChI=1S/C24H22BrClN2O6S/c1-32-19-11-16(10-18(26)22(19)34-14-15-2-4-17(25)5-3-15)12-20-23(30)28(24(31)35-20)13-21(29)27-6-8-33-9-7-27/h2-5,10-12H,6-9,13-14H2,1H3/b20-12+. The highest BCUT2D eigenvalue weighted by Gasteiger charge is 2.37. The van der Waals surface area contributed by atoms with Crippen molar-refractivity contribution in [3.05, 3.63) is 61.9 Å². The molecule has 2 aliphatic rings. The Labute approximate surface area is 220 Å². The van der Waals surface area contributed by atoms with Crippen molar-refractivity contribution in [3.63, 3.8) is 0 Å². The molecule has 2 fully saturated rings. The number of methoxy groups -OCH3 is 1. The molecule has 4 rings (SSSR count). The minimum absolute atomic E-state index is 0.200. The van der Waals surface area contributed by atoms with Crippen LogP contribution in [0.25, 0.3) is 6.08 Å². The molecule has 0 unspecified atom stereocenters. The summed E-state index contributed by atoms with van der Waals surface area (Å²) in [5.74, 6) is -0.0397. The molecular formula is C24H22BrClN2O6S. The van der Waals surface area contributed by atoms with E-state index in [0.29, 0.717) is 55.0 Å². The van der Waals surface area contributed by atoms with Crippen LogP contribution >= 0.6 is 39.3 Å². The summed E-state index contributed by atoms with van der Waals surface area (Å²) in [6.45, 7) is 1.77. The van der Waals surface area contributed by atoms with Crippen molar-refractivity contribution in [3.8, 4) is 11.5 Å². The number of hydrogen-bond acceptors (Lipinski definition) is 7. The largest absolute Gasteiger partial charge is 0.493 e. The molecule has 11 heteroatoms. The predicted octanol–water partition coefficient (Wildman–Crippen LogP) is 4.59. The normalized spacial score (nSPS) is 17.3. The number of carbonyl (C=O) groups is 3. The maximum atomic E-state index is 12.9. The molecule has 184 valence electrons. The Morgan fingerprint density at radius 1 is 1.20 bits per heavy atom. The molecule has 2 aromatic carbocycles. The zero-order valence-electron chi connectivity index (χ0n) is 18.8. The number of thioether (sulfide) groups is 1. The summed E-state index contributed by atoms with van der Waals surface area (Å²) >= 11 is 10.6. The van der Waals surface area contributed by atoms with Gasteiger partial charge in [-0.05, 0) is 53.2 Å². The topological polar surface area (TPSA) is 85.4 Å². The first kappa shape index (κ1) is 25.6. The molecule has 3 amide bonds. The second-order valence-corrected chi connectivity index (χ2v) is 10.0. The Balaban J connectivity index is 1.47. The molecule has 0 saturated carbocycles. The highest BCUT2D eigenvalue weighted by Crippen LogP contribution is 2.39. The van der Waals surface area contributed by atoms with Crippen LogP contribution in [-0.2, 0) is 20.9 Å². The smallest absolute Gasteiger partial charge is 0.294 e. The molecule has 8 nitrogen and oxygen atoms in total. The summed E-state index contributed by atoms with van der Waals surface area (Å²) in [5.41, 5.74) is 1.52.